The van der Waals surface area contributed by atoms with Crippen molar-refractivity contribution in [1.29, 1.82) is 0 Å². The van der Waals surface area contributed by atoms with Crippen LogP contribution in [0.1, 0.15) is 6.42 Å². The molecule has 2 fully saturated rings. The summed E-state index contributed by atoms with van der Waals surface area (Å²) >= 11 is 1.92. The fourth-order valence-corrected chi connectivity index (χ4v) is 3.16. The molecule has 3 heteroatoms. The molecule has 0 bridgehead atoms. The second kappa shape index (κ2) is 2.96. The summed E-state index contributed by atoms with van der Waals surface area (Å²) < 4.78 is 2.55. The molecule has 0 aromatic rings. The summed E-state index contributed by atoms with van der Waals surface area (Å²) in [5.74, 6) is 0.965. The predicted molar refractivity (Wildman–Crippen MR) is 49.6 cm³/mol. The van der Waals surface area contributed by atoms with Gasteiger partial charge in [0.1, 0.15) is 0 Å². The van der Waals surface area contributed by atoms with Gasteiger partial charge in [0.05, 0.1) is 0 Å². The molecule has 2 unspecified atom stereocenters. The van der Waals surface area contributed by atoms with E-state index in [2.05, 4.69) is 22.5 Å². The maximum atomic E-state index is 2.55. The van der Waals surface area contributed by atoms with Gasteiger partial charge in [0, 0.05) is 25.7 Å². The number of hydrogen-bond donors (Lipinski definition) is 0. The molecule has 0 aromatic carbocycles. The monoisotopic (exact) mass is 172 g/mol. The Balaban J connectivity index is 2.01. The van der Waals surface area contributed by atoms with E-state index in [1.807, 2.05) is 11.9 Å². The second-order valence-corrected chi connectivity index (χ2v) is 4.49. The molecule has 0 aromatic heterocycles. The third-order valence-corrected chi connectivity index (χ3v) is 3.84. The van der Waals surface area contributed by atoms with Gasteiger partial charge in [0.2, 0.25) is 0 Å². The van der Waals surface area contributed by atoms with Crippen LogP contribution >= 0.6 is 11.9 Å². The van der Waals surface area contributed by atoms with E-state index in [0.29, 0.717) is 0 Å². The van der Waals surface area contributed by atoms with E-state index in [9.17, 15) is 0 Å². The molecule has 0 amide bonds. The molecule has 64 valence electrons. The van der Waals surface area contributed by atoms with E-state index in [-0.39, 0.29) is 0 Å². The van der Waals surface area contributed by atoms with E-state index in [1.54, 1.807) is 0 Å². The lowest BCUT2D eigenvalue weighted by Gasteiger charge is -2.20. The smallest absolute Gasteiger partial charge is 0.0370 e. The summed E-state index contributed by atoms with van der Waals surface area (Å²) in [6.07, 6.45) is 3.61. The standard InChI is InChI=1S/C8H16N2S/c1-9-5-7-3-4-10(11-2)8(7)6-9/h7-8H,3-6H2,1-2H3. The maximum absolute atomic E-state index is 2.55. The summed E-state index contributed by atoms with van der Waals surface area (Å²) in [7, 11) is 2.23. The Bertz CT molecular complexity index is 149. The molecule has 2 aliphatic rings. The van der Waals surface area contributed by atoms with Crippen molar-refractivity contribution >= 4 is 11.9 Å². The van der Waals surface area contributed by atoms with Gasteiger partial charge in [-0.2, -0.15) is 0 Å². The average Bonchev–Trinajstić information content (AvgIpc) is 2.45. The van der Waals surface area contributed by atoms with Crippen molar-refractivity contribution in [2.24, 2.45) is 5.92 Å². The second-order valence-electron chi connectivity index (χ2n) is 3.66. The third-order valence-electron chi connectivity index (χ3n) is 2.91. The zero-order chi connectivity index (χ0) is 7.84. The molecule has 2 nitrogen and oxygen atoms in total. The van der Waals surface area contributed by atoms with Gasteiger partial charge in [-0.25, -0.2) is 4.31 Å². The van der Waals surface area contributed by atoms with Crippen LogP contribution in [0, 0.1) is 5.92 Å². The van der Waals surface area contributed by atoms with Gasteiger partial charge in [-0.15, -0.1) is 0 Å². The van der Waals surface area contributed by atoms with Crippen LogP contribution in [0.25, 0.3) is 0 Å². The van der Waals surface area contributed by atoms with Gasteiger partial charge in [0.25, 0.3) is 0 Å². The maximum Gasteiger partial charge on any atom is 0.0370 e. The normalized spacial score (nSPS) is 39.8. The molecular weight excluding hydrogens is 156 g/mol. The Kier molecular flexibility index (Phi) is 2.12. The summed E-state index contributed by atoms with van der Waals surface area (Å²) in [6.45, 7) is 3.91. The summed E-state index contributed by atoms with van der Waals surface area (Å²) in [6, 6.07) is 0.856. The third kappa shape index (κ3) is 1.30. The topological polar surface area (TPSA) is 6.48 Å². The van der Waals surface area contributed by atoms with E-state index in [1.165, 1.54) is 26.1 Å². The lowest BCUT2D eigenvalue weighted by molar-refractivity contribution is 0.355. The molecule has 0 aliphatic carbocycles. The van der Waals surface area contributed by atoms with Crippen molar-refractivity contribution in [1.82, 2.24) is 9.21 Å². The van der Waals surface area contributed by atoms with E-state index in [4.69, 9.17) is 0 Å². The summed E-state index contributed by atoms with van der Waals surface area (Å²) in [4.78, 5) is 2.46. The Morgan fingerprint density at radius 2 is 2.18 bits per heavy atom. The highest BCUT2D eigenvalue weighted by molar-refractivity contribution is 7.96. The van der Waals surface area contributed by atoms with E-state index >= 15 is 0 Å². The number of fused-ring (bicyclic) bond motifs is 1. The van der Waals surface area contributed by atoms with Crippen LogP contribution in [0.4, 0.5) is 0 Å². The van der Waals surface area contributed by atoms with Crippen LogP contribution < -0.4 is 0 Å². The van der Waals surface area contributed by atoms with E-state index in [0.717, 1.165) is 12.0 Å². The largest absolute Gasteiger partial charge is 0.304 e. The first-order valence-electron chi connectivity index (χ1n) is 4.30. The zero-order valence-electron chi connectivity index (χ0n) is 7.29. The van der Waals surface area contributed by atoms with Crippen LogP contribution in [0.5, 0.6) is 0 Å². The molecule has 0 saturated carbocycles. The van der Waals surface area contributed by atoms with Crippen molar-refractivity contribution < 1.29 is 0 Å². The Morgan fingerprint density at radius 1 is 1.36 bits per heavy atom. The van der Waals surface area contributed by atoms with Crippen LogP contribution in [-0.4, -0.2) is 48.2 Å². The van der Waals surface area contributed by atoms with Crippen molar-refractivity contribution in [2.75, 3.05) is 32.9 Å². The SMILES string of the molecule is CSN1CCC2CN(C)CC21. The highest BCUT2D eigenvalue weighted by Gasteiger charge is 2.39. The minimum Gasteiger partial charge on any atom is -0.304 e. The van der Waals surface area contributed by atoms with Gasteiger partial charge < -0.3 is 4.90 Å². The summed E-state index contributed by atoms with van der Waals surface area (Å²) in [5.41, 5.74) is 0. The van der Waals surface area contributed by atoms with Crippen molar-refractivity contribution in [2.45, 2.75) is 12.5 Å². The van der Waals surface area contributed by atoms with Gasteiger partial charge in [-0.05, 0) is 25.6 Å². The molecule has 11 heavy (non-hydrogen) atoms. The fourth-order valence-electron chi connectivity index (χ4n) is 2.36. The number of likely N-dealkylation sites (tertiary alicyclic amines) is 1. The van der Waals surface area contributed by atoms with Gasteiger partial charge in [-0.1, -0.05) is 11.9 Å². The van der Waals surface area contributed by atoms with Gasteiger partial charge in [0.15, 0.2) is 0 Å². The molecule has 2 rings (SSSR count). The van der Waals surface area contributed by atoms with Gasteiger partial charge in [-0.3, -0.25) is 0 Å². The molecular formula is C8H16N2S. The first kappa shape index (κ1) is 7.90. The highest BCUT2D eigenvalue weighted by Crippen LogP contribution is 2.33. The highest BCUT2D eigenvalue weighted by atomic mass is 32.2. The van der Waals surface area contributed by atoms with Crippen molar-refractivity contribution in [3.8, 4) is 0 Å². The molecule has 2 heterocycles. The quantitative estimate of drug-likeness (QED) is 0.543. The number of hydrogen-bond acceptors (Lipinski definition) is 3. The Hall–Kier alpha value is 0.270. The minimum absolute atomic E-state index is 0.856. The first-order valence-corrected chi connectivity index (χ1v) is 5.48. The fraction of sp³-hybridized carbons (Fsp3) is 1.00. The van der Waals surface area contributed by atoms with Crippen LogP contribution in [0.15, 0.2) is 0 Å². The number of likely N-dealkylation sites (N-methyl/N-ethyl adjacent to an activating group) is 1. The lowest BCUT2D eigenvalue weighted by Crippen LogP contribution is -2.28. The van der Waals surface area contributed by atoms with Crippen LogP contribution in [-0.2, 0) is 0 Å². The number of nitrogens with zero attached hydrogens (tertiary/aromatic N) is 2. The van der Waals surface area contributed by atoms with Crippen LogP contribution in [0.2, 0.25) is 0 Å². The average molecular weight is 172 g/mol. The number of rotatable bonds is 1. The molecule has 2 atom stereocenters. The lowest BCUT2D eigenvalue weighted by atomic mass is 10.1. The minimum atomic E-state index is 0.856. The van der Waals surface area contributed by atoms with Gasteiger partial charge >= 0.3 is 0 Å². The first-order chi connectivity index (χ1) is 5.31. The molecule has 0 spiro atoms. The molecule has 0 N–H and O–H groups in total. The zero-order valence-corrected chi connectivity index (χ0v) is 8.10. The molecule has 2 saturated heterocycles. The molecule has 0 radical (unpaired) electrons. The Morgan fingerprint density at radius 3 is 2.91 bits per heavy atom. The van der Waals surface area contributed by atoms with Crippen molar-refractivity contribution in [3.05, 3.63) is 0 Å². The summed E-state index contributed by atoms with van der Waals surface area (Å²) in [5, 5.41) is 0. The predicted octanol–water partition coefficient (Wildman–Crippen LogP) is 0.900. The molecule has 2 aliphatic heterocycles. The van der Waals surface area contributed by atoms with Crippen LogP contribution in [0.3, 0.4) is 0 Å². The van der Waals surface area contributed by atoms with Crippen molar-refractivity contribution in [3.63, 3.8) is 0 Å². The van der Waals surface area contributed by atoms with E-state index < -0.39 is 0 Å². The Labute approximate surface area is 73.1 Å².